The molecule has 0 saturated heterocycles. The Balaban J connectivity index is 1.92. The summed E-state index contributed by atoms with van der Waals surface area (Å²) in [5, 5.41) is 0. The topological polar surface area (TPSA) is 38.7 Å². The third-order valence-electron chi connectivity index (χ3n) is 3.66. The van der Waals surface area contributed by atoms with Gasteiger partial charge >= 0.3 is 5.97 Å². The Morgan fingerprint density at radius 3 is 2.32 bits per heavy atom. The molecule has 0 atom stereocenters. The second-order valence-corrected chi connectivity index (χ2v) is 5.04. The van der Waals surface area contributed by atoms with Crippen molar-refractivity contribution in [3.05, 3.63) is 47.2 Å². The Hall–Kier alpha value is -1.90. The van der Waals surface area contributed by atoms with Crippen molar-refractivity contribution < 1.29 is 9.53 Å². The van der Waals surface area contributed by atoms with Gasteiger partial charge in [-0.3, -0.25) is 0 Å². The van der Waals surface area contributed by atoms with E-state index in [1.54, 1.807) is 0 Å². The summed E-state index contributed by atoms with van der Waals surface area (Å²) < 4.78 is 5.31. The predicted molar refractivity (Wildman–Crippen MR) is 73.8 cm³/mol. The van der Waals surface area contributed by atoms with Gasteiger partial charge in [0.05, 0.1) is 0 Å². The van der Waals surface area contributed by atoms with Gasteiger partial charge in [-0.25, -0.2) is 9.79 Å². The molecule has 1 heterocycles. The Labute approximate surface area is 113 Å². The molecule has 1 aromatic rings. The summed E-state index contributed by atoms with van der Waals surface area (Å²) in [7, 11) is 0. The van der Waals surface area contributed by atoms with Gasteiger partial charge in [0.25, 0.3) is 0 Å². The molecule has 1 aromatic carbocycles. The van der Waals surface area contributed by atoms with Gasteiger partial charge in [0.15, 0.2) is 5.70 Å². The molecule has 1 aliphatic heterocycles. The van der Waals surface area contributed by atoms with Gasteiger partial charge in [-0.05, 0) is 43.4 Å². The van der Waals surface area contributed by atoms with Crippen LogP contribution < -0.4 is 0 Å². The van der Waals surface area contributed by atoms with E-state index in [0.717, 1.165) is 31.2 Å². The first-order valence-corrected chi connectivity index (χ1v) is 6.93. The van der Waals surface area contributed by atoms with E-state index >= 15 is 0 Å². The van der Waals surface area contributed by atoms with E-state index in [-0.39, 0.29) is 5.97 Å². The molecule has 3 nitrogen and oxygen atoms in total. The third-order valence-corrected chi connectivity index (χ3v) is 3.66. The molecule has 0 spiro atoms. The summed E-state index contributed by atoms with van der Waals surface area (Å²) in [6.45, 7) is 0. The number of esters is 1. The minimum Gasteiger partial charge on any atom is -0.402 e. The van der Waals surface area contributed by atoms with Gasteiger partial charge in [-0.2, -0.15) is 0 Å². The van der Waals surface area contributed by atoms with Gasteiger partial charge in [0.2, 0.25) is 5.90 Å². The second kappa shape index (κ2) is 5.39. The van der Waals surface area contributed by atoms with Crippen LogP contribution in [0.15, 0.2) is 46.6 Å². The largest absolute Gasteiger partial charge is 0.402 e. The Morgan fingerprint density at radius 1 is 0.947 bits per heavy atom. The minimum absolute atomic E-state index is 0.282. The molecular formula is C16H17NO2. The average Bonchev–Trinajstić information content (AvgIpc) is 2.66. The molecule has 1 fully saturated rings. The van der Waals surface area contributed by atoms with Crippen LogP contribution in [-0.2, 0) is 9.53 Å². The summed E-state index contributed by atoms with van der Waals surface area (Å²) in [6, 6.07) is 9.59. The van der Waals surface area contributed by atoms with Crippen LogP contribution in [0.1, 0.15) is 44.1 Å². The number of cyclic esters (lactones) is 1. The predicted octanol–water partition coefficient (Wildman–Crippen LogP) is 3.60. The molecule has 0 aromatic heterocycles. The summed E-state index contributed by atoms with van der Waals surface area (Å²) in [5.41, 5.74) is 2.59. The lowest BCUT2D eigenvalue weighted by atomic mass is 10.1. The fraction of sp³-hybridized carbons (Fsp3) is 0.375. The maximum atomic E-state index is 12.0. The molecule has 0 N–H and O–H groups in total. The maximum absolute atomic E-state index is 12.0. The van der Waals surface area contributed by atoms with Crippen molar-refractivity contribution in [2.75, 3.05) is 0 Å². The molecule has 0 radical (unpaired) electrons. The lowest BCUT2D eigenvalue weighted by molar-refractivity contribution is -0.130. The van der Waals surface area contributed by atoms with Crippen LogP contribution in [0.2, 0.25) is 0 Å². The van der Waals surface area contributed by atoms with Crippen molar-refractivity contribution in [3.63, 3.8) is 0 Å². The first-order valence-electron chi connectivity index (χ1n) is 6.93. The summed E-state index contributed by atoms with van der Waals surface area (Å²) in [6.07, 6.45) is 6.78. The fourth-order valence-corrected chi connectivity index (χ4v) is 2.63. The van der Waals surface area contributed by atoms with Gasteiger partial charge < -0.3 is 4.74 Å². The molecule has 2 aliphatic rings. The Bertz CT molecular complexity index is 533. The van der Waals surface area contributed by atoms with Crippen LogP contribution in [0.3, 0.4) is 0 Å². The Kier molecular flexibility index (Phi) is 3.45. The SMILES string of the molecule is O=C1OC(c2ccccc2)=NC1=C1CCCCCC1. The molecule has 1 aliphatic carbocycles. The van der Waals surface area contributed by atoms with Crippen molar-refractivity contribution in [2.45, 2.75) is 38.5 Å². The summed E-state index contributed by atoms with van der Waals surface area (Å²) in [5.74, 6) is 0.160. The monoisotopic (exact) mass is 255 g/mol. The smallest absolute Gasteiger partial charge is 0.363 e. The van der Waals surface area contributed by atoms with Crippen LogP contribution in [0.4, 0.5) is 0 Å². The number of hydrogen-bond donors (Lipinski definition) is 0. The zero-order chi connectivity index (χ0) is 13.1. The number of nitrogens with zero attached hydrogens (tertiary/aromatic N) is 1. The Morgan fingerprint density at radius 2 is 1.63 bits per heavy atom. The lowest BCUT2D eigenvalue weighted by Gasteiger charge is -2.02. The number of carbonyl (C=O) groups is 1. The quantitative estimate of drug-likeness (QED) is 0.437. The van der Waals surface area contributed by atoms with E-state index in [1.807, 2.05) is 30.3 Å². The molecule has 0 unspecified atom stereocenters. The van der Waals surface area contributed by atoms with Crippen LogP contribution in [-0.4, -0.2) is 11.9 Å². The minimum atomic E-state index is -0.282. The van der Waals surface area contributed by atoms with E-state index in [2.05, 4.69) is 4.99 Å². The second-order valence-electron chi connectivity index (χ2n) is 5.04. The normalized spacial score (nSPS) is 20.0. The zero-order valence-corrected chi connectivity index (χ0v) is 10.9. The first kappa shape index (κ1) is 12.2. The van der Waals surface area contributed by atoms with E-state index < -0.39 is 0 Å². The van der Waals surface area contributed by atoms with Crippen LogP contribution in [0, 0.1) is 0 Å². The highest BCUT2D eigenvalue weighted by atomic mass is 16.6. The van der Waals surface area contributed by atoms with E-state index in [4.69, 9.17) is 4.74 Å². The highest BCUT2D eigenvalue weighted by molar-refractivity contribution is 6.11. The number of ether oxygens (including phenoxy) is 1. The molecule has 3 rings (SSSR count). The fourth-order valence-electron chi connectivity index (χ4n) is 2.63. The molecule has 1 saturated carbocycles. The highest BCUT2D eigenvalue weighted by Crippen LogP contribution is 2.28. The van der Waals surface area contributed by atoms with Crippen molar-refractivity contribution in [2.24, 2.45) is 4.99 Å². The number of aliphatic imine (C=N–C) groups is 1. The van der Waals surface area contributed by atoms with Crippen molar-refractivity contribution >= 4 is 11.9 Å². The van der Waals surface area contributed by atoms with E-state index in [9.17, 15) is 4.79 Å². The number of benzene rings is 1. The molecule has 0 amide bonds. The first-order chi connectivity index (χ1) is 9.34. The van der Waals surface area contributed by atoms with Gasteiger partial charge in [0, 0.05) is 5.56 Å². The molecule has 0 bridgehead atoms. The highest BCUT2D eigenvalue weighted by Gasteiger charge is 2.27. The third kappa shape index (κ3) is 2.60. The number of allylic oxidation sites excluding steroid dienone is 1. The van der Waals surface area contributed by atoms with E-state index in [0.29, 0.717) is 11.6 Å². The maximum Gasteiger partial charge on any atom is 0.363 e. The number of rotatable bonds is 1. The van der Waals surface area contributed by atoms with Crippen LogP contribution in [0.5, 0.6) is 0 Å². The van der Waals surface area contributed by atoms with Crippen LogP contribution in [0.25, 0.3) is 0 Å². The standard InChI is InChI=1S/C16H17NO2/c18-16-14(12-8-4-1-2-5-9-12)17-15(19-16)13-10-6-3-7-11-13/h3,6-7,10-11H,1-2,4-5,8-9H2. The summed E-state index contributed by atoms with van der Waals surface area (Å²) in [4.78, 5) is 16.4. The van der Waals surface area contributed by atoms with Crippen molar-refractivity contribution in [3.8, 4) is 0 Å². The number of carbonyl (C=O) groups excluding carboxylic acids is 1. The van der Waals surface area contributed by atoms with Crippen LogP contribution >= 0.6 is 0 Å². The molecule has 98 valence electrons. The van der Waals surface area contributed by atoms with Gasteiger partial charge in [0.1, 0.15) is 0 Å². The van der Waals surface area contributed by atoms with Gasteiger partial charge in [-0.1, -0.05) is 31.0 Å². The molecule has 19 heavy (non-hydrogen) atoms. The average molecular weight is 255 g/mol. The summed E-state index contributed by atoms with van der Waals surface area (Å²) >= 11 is 0. The van der Waals surface area contributed by atoms with Crippen molar-refractivity contribution in [1.82, 2.24) is 0 Å². The van der Waals surface area contributed by atoms with Crippen molar-refractivity contribution in [1.29, 1.82) is 0 Å². The van der Waals surface area contributed by atoms with Gasteiger partial charge in [-0.15, -0.1) is 0 Å². The number of hydrogen-bond acceptors (Lipinski definition) is 3. The molecular weight excluding hydrogens is 238 g/mol. The zero-order valence-electron chi connectivity index (χ0n) is 10.9. The molecule has 3 heteroatoms. The lowest BCUT2D eigenvalue weighted by Crippen LogP contribution is -2.06. The van der Waals surface area contributed by atoms with E-state index in [1.165, 1.54) is 18.4 Å².